The number of likely N-dealkylation sites (N-methyl/N-ethyl adjacent to an activating group) is 1. The molecule has 1 amide bonds. The Bertz CT molecular complexity index is 497. The summed E-state index contributed by atoms with van der Waals surface area (Å²) in [6.07, 6.45) is 1.12. The monoisotopic (exact) mass is 404 g/mol. The van der Waals surface area contributed by atoms with Crippen LogP contribution in [-0.4, -0.2) is 36.5 Å². The minimum absolute atomic E-state index is 0.0310. The van der Waals surface area contributed by atoms with Gasteiger partial charge in [0.2, 0.25) is 0 Å². The lowest BCUT2D eigenvalue weighted by Gasteiger charge is -2.17. The second-order valence-corrected chi connectivity index (χ2v) is 6.93. The lowest BCUT2D eigenvalue weighted by Crippen LogP contribution is -2.29. The molecular weight excluding hydrogens is 388 g/mol. The van der Waals surface area contributed by atoms with E-state index in [4.69, 9.17) is 10.5 Å². The van der Waals surface area contributed by atoms with Crippen LogP contribution in [0.25, 0.3) is 0 Å². The van der Waals surface area contributed by atoms with Crippen LogP contribution in [-0.2, 0) is 11.2 Å². The molecule has 4 nitrogen and oxygen atoms in total. The Hall–Kier alpha value is -0.590. The second kappa shape index (κ2) is 6.45. The Morgan fingerprint density at radius 2 is 2.05 bits per heavy atom. The number of amides is 1. The topological polar surface area (TPSA) is 55.6 Å². The van der Waals surface area contributed by atoms with Gasteiger partial charge in [-0.15, -0.1) is 0 Å². The number of rotatable bonds is 4. The molecule has 1 aliphatic heterocycles. The highest BCUT2D eigenvalue weighted by molar-refractivity contribution is 9.11. The first-order valence-electron chi connectivity index (χ1n) is 6.53. The van der Waals surface area contributed by atoms with Crippen LogP contribution in [0.15, 0.2) is 21.1 Å². The highest BCUT2D eigenvalue weighted by Gasteiger charge is 2.31. The van der Waals surface area contributed by atoms with E-state index in [0.29, 0.717) is 5.75 Å². The molecule has 110 valence electrons. The average Bonchev–Trinajstić information content (AvgIpc) is 2.64. The van der Waals surface area contributed by atoms with Crippen LogP contribution in [0.4, 0.5) is 0 Å². The number of benzene rings is 1. The van der Waals surface area contributed by atoms with Crippen molar-refractivity contribution in [2.75, 3.05) is 13.6 Å². The molecule has 20 heavy (non-hydrogen) atoms. The predicted octanol–water partition coefficient (Wildman–Crippen LogP) is 2.71. The van der Waals surface area contributed by atoms with E-state index in [9.17, 15) is 4.79 Å². The van der Waals surface area contributed by atoms with Gasteiger partial charge < -0.3 is 15.4 Å². The normalized spacial score (nSPS) is 20.4. The molecule has 0 aliphatic carbocycles. The van der Waals surface area contributed by atoms with Gasteiger partial charge in [0.15, 0.2) is 6.10 Å². The zero-order valence-electron chi connectivity index (χ0n) is 11.5. The fraction of sp³-hybridized carbons (Fsp3) is 0.500. The first kappa shape index (κ1) is 15.8. The van der Waals surface area contributed by atoms with Gasteiger partial charge in [0, 0.05) is 26.1 Å². The molecule has 2 rings (SSSR count). The van der Waals surface area contributed by atoms with Crippen molar-refractivity contribution >= 4 is 37.8 Å². The van der Waals surface area contributed by atoms with Gasteiger partial charge in [-0.2, -0.15) is 0 Å². The molecule has 0 aromatic heterocycles. The Morgan fingerprint density at radius 3 is 2.50 bits per heavy atom. The maximum absolute atomic E-state index is 11.9. The lowest BCUT2D eigenvalue weighted by molar-refractivity contribution is -0.132. The Morgan fingerprint density at radius 1 is 1.45 bits per heavy atom. The van der Waals surface area contributed by atoms with Crippen molar-refractivity contribution in [3.63, 3.8) is 0 Å². The minimum atomic E-state index is -0.396. The summed E-state index contributed by atoms with van der Waals surface area (Å²) >= 11 is 7.02. The smallest absolute Gasteiger partial charge is 0.263 e. The Balaban J connectivity index is 2.18. The van der Waals surface area contributed by atoms with Gasteiger partial charge in [0.25, 0.3) is 5.91 Å². The van der Waals surface area contributed by atoms with E-state index in [1.165, 1.54) is 0 Å². The number of carbonyl (C=O) groups excluding carboxylic acids is 1. The Labute approximate surface area is 135 Å². The number of carbonyl (C=O) groups is 1. The quantitative estimate of drug-likeness (QED) is 0.837. The lowest BCUT2D eigenvalue weighted by atomic mass is 10.1. The molecule has 0 spiro atoms. The molecule has 1 fully saturated rings. The van der Waals surface area contributed by atoms with Crippen molar-refractivity contribution < 1.29 is 9.53 Å². The molecule has 0 saturated carbocycles. The summed E-state index contributed by atoms with van der Waals surface area (Å²) in [7, 11) is 1.79. The van der Waals surface area contributed by atoms with Gasteiger partial charge in [-0.3, -0.25) is 4.79 Å². The fourth-order valence-electron chi connectivity index (χ4n) is 2.26. The molecule has 1 aromatic rings. The average molecular weight is 406 g/mol. The number of halogens is 2. The zero-order chi connectivity index (χ0) is 14.9. The van der Waals surface area contributed by atoms with Gasteiger partial charge in [-0.05, 0) is 62.9 Å². The number of ether oxygens (including phenoxy) is 1. The van der Waals surface area contributed by atoms with E-state index >= 15 is 0 Å². The molecule has 0 radical (unpaired) electrons. The number of nitrogens with zero attached hydrogens (tertiary/aromatic N) is 1. The van der Waals surface area contributed by atoms with Gasteiger partial charge >= 0.3 is 0 Å². The van der Waals surface area contributed by atoms with E-state index in [1.54, 1.807) is 11.9 Å². The van der Waals surface area contributed by atoms with Crippen molar-refractivity contribution in [3.05, 3.63) is 26.6 Å². The molecule has 1 heterocycles. The molecule has 1 aliphatic rings. The van der Waals surface area contributed by atoms with E-state index < -0.39 is 6.10 Å². The summed E-state index contributed by atoms with van der Waals surface area (Å²) in [4.78, 5) is 13.6. The molecule has 2 atom stereocenters. The highest BCUT2D eigenvalue weighted by Crippen LogP contribution is 2.36. The second-order valence-electron chi connectivity index (χ2n) is 5.22. The van der Waals surface area contributed by atoms with Crippen LogP contribution in [0, 0.1) is 0 Å². The molecule has 6 heteroatoms. The summed E-state index contributed by atoms with van der Waals surface area (Å²) in [6.45, 7) is 2.71. The fourth-order valence-corrected chi connectivity index (χ4v) is 3.72. The van der Waals surface area contributed by atoms with E-state index in [1.807, 2.05) is 19.1 Å². The number of nitrogens with two attached hydrogens (primary N) is 1. The minimum Gasteiger partial charge on any atom is -0.478 e. The van der Waals surface area contributed by atoms with Crippen molar-refractivity contribution in [1.29, 1.82) is 0 Å². The molecule has 2 N–H and O–H groups in total. The van der Waals surface area contributed by atoms with Crippen molar-refractivity contribution in [3.8, 4) is 5.75 Å². The highest BCUT2D eigenvalue weighted by atomic mass is 79.9. The third-order valence-electron chi connectivity index (χ3n) is 3.25. The SMILES string of the molecule is CC(N)Cc1cc(Br)c(OC2CCN(C)C2=O)c(Br)c1. The molecular formula is C14H18Br2N2O2. The van der Waals surface area contributed by atoms with Crippen molar-refractivity contribution in [2.24, 2.45) is 5.73 Å². The summed E-state index contributed by atoms with van der Waals surface area (Å²) < 4.78 is 7.54. The Kier molecular flexibility index (Phi) is 5.09. The van der Waals surface area contributed by atoms with Gasteiger partial charge in [0.05, 0.1) is 8.95 Å². The summed E-state index contributed by atoms with van der Waals surface area (Å²) in [5.74, 6) is 0.704. The standard InChI is InChI=1S/C14H18Br2N2O2/c1-8(17)5-9-6-10(15)13(11(16)7-9)20-12-3-4-18(2)14(12)19/h6-8,12H,3-5,17H2,1-2H3. The largest absolute Gasteiger partial charge is 0.478 e. The van der Waals surface area contributed by atoms with Crippen LogP contribution in [0.1, 0.15) is 18.9 Å². The molecule has 1 aromatic carbocycles. The maximum atomic E-state index is 11.9. The van der Waals surface area contributed by atoms with Gasteiger partial charge in [0.1, 0.15) is 5.75 Å². The number of likely N-dealkylation sites (tertiary alicyclic amines) is 1. The maximum Gasteiger partial charge on any atom is 0.263 e. The summed E-state index contributed by atoms with van der Waals surface area (Å²) in [5, 5.41) is 0. The van der Waals surface area contributed by atoms with Gasteiger partial charge in [-0.25, -0.2) is 0 Å². The first-order chi connectivity index (χ1) is 9.38. The third-order valence-corrected chi connectivity index (χ3v) is 4.43. The van der Waals surface area contributed by atoms with Crippen molar-refractivity contribution in [2.45, 2.75) is 31.9 Å². The van der Waals surface area contributed by atoms with Crippen LogP contribution >= 0.6 is 31.9 Å². The van der Waals surface area contributed by atoms with Crippen molar-refractivity contribution in [1.82, 2.24) is 4.90 Å². The molecule has 1 saturated heterocycles. The van der Waals surface area contributed by atoms with Crippen LogP contribution in [0.5, 0.6) is 5.75 Å². The summed E-state index contributed by atoms with van der Waals surface area (Å²) in [5.41, 5.74) is 6.94. The zero-order valence-corrected chi connectivity index (χ0v) is 14.7. The molecule has 0 bridgehead atoms. The summed E-state index contributed by atoms with van der Waals surface area (Å²) in [6, 6.07) is 4.09. The predicted molar refractivity (Wildman–Crippen MR) is 85.9 cm³/mol. The van der Waals surface area contributed by atoms with Gasteiger partial charge in [-0.1, -0.05) is 0 Å². The van der Waals surface area contributed by atoms with Crippen LogP contribution < -0.4 is 10.5 Å². The molecule has 2 unspecified atom stereocenters. The third kappa shape index (κ3) is 3.54. The van der Waals surface area contributed by atoms with E-state index in [2.05, 4.69) is 31.9 Å². The van der Waals surface area contributed by atoms with E-state index in [-0.39, 0.29) is 11.9 Å². The van der Waals surface area contributed by atoms with Crippen LogP contribution in [0.3, 0.4) is 0 Å². The number of hydrogen-bond acceptors (Lipinski definition) is 3. The first-order valence-corrected chi connectivity index (χ1v) is 8.12. The number of hydrogen-bond donors (Lipinski definition) is 1. The van der Waals surface area contributed by atoms with Crippen LogP contribution in [0.2, 0.25) is 0 Å². The van der Waals surface area contributed by atoms with E-state index in [0.717, 1.165) is 33.9 Å².